The Hall–Kier alpha value is -3.33. The van der Waals surface area contributed by atoms with Crippen molar-refractivity contribution in [3.63, 3.8) is 0 Å². The second-order valence-electron chi connectivity index (χ2n) is 8.26. The number of thioether (sulfide) groups is 1. The van der Waals surface area contributed by atoms with Crippen LogP contribution in [-0.2, 0) is 24.2 Å². The molecule has 174 valence electrons. The van der Waals surface area contributed by atoms with Gasteiger partial charge in [0, 0.05) is 31.0 Å². The van der Waals surface area contributed by atoms with E-state index in [1.54, 1.807) is 0 Å². The molecule has 0 aliphatic carbocycles. The highest BCUT2D eigenvalue weighted by Crippen LogP contribution is 2.28. The van der Waals surface area contributed by atoms with Crippen LogP contribution in [0.25, 0.3) is 11.4 Å². The summed E-state index contributed by atoms with van der Waals surface area (Å²) in [6, 6.07) is 11.2. The van der Waals surface area contributed by atoms with Gasteiger partial charge in [0.15, 0.2) is 5.82 Å². The maximum atomic E-state index is 14.4. The summed E-state index contributed by atoms with van der Waals surface area (Å²) >= 11 is 1.86. The van der Waals surface area contributed by atoms with Crippen molar-refractivity contribution in [3.05, 3.63) is 82.2 Å². The number of carbonyl (C=O) groups excluding carboxylic acids is 2. The molecule has 6 nitrogen and oxygen atoms in total. The fourth-order valence-electron chi connectivity index (χ4n) is 4.22. The van der Waals surface area contributed by atoms with Gasteiger partial charge >= 0.3 is 0 Å². The quantitative estimate of drug-likeness (QED) is 0.606. The van der Waals surface area contributed by atoms with Gasteiger partial charge < -0.3 is 10.2 Å². The van der Waals surface area contributed by atoms with E-state index >= 15 is 0 Å². The number of carbonyl (C=O) groups is 2. The van der Waals surface area contributed by atoms with Crippen LogP contribution in [0.3, 0.4) is 0 Å². The Morgan fingerprint density at radius 3 is 2.35 bits per heavy atom. The van der Waals surface area contributed by atoms with Crippen LogP contribution in [0.1, 0.15) is 32.9 Å². The number of amides is 2. The lowest BCUT2D eigenvalue weighted by atomic mass is 10.0. The maximum Gasteiger partial charge on any atom is 0.255 e. The lowest BCUT2D eigenvalue weighted by molar-refractivity contribution is -0.130. The average molecular weight is 481 g/mol. The first-order valence-electron chi connectivity index (χ1n) is 11.1. The van der Waals surface area contributed by atoms with Gasteiger partial charge in [-0.05, 0) is 23.3 Å². The van der Waals surface area contributed by atoms with E-state index < -0.39 is 11.6 Å². The van der Waals surface area contributed by atoms with Crippen LogP contribution in [0.5, 0.6) is 0 Å². The van der Waals surface area contributed by atoms with E-state index in [0.29, 0.717) is 29.8 Å². The molecule has 3 heterocycles. The molecule has 0 bridgehead atoms. The topological polar surface area (TPSA) is 75.2 Å². The van der Waals surface area contributed by atoms with Crippen LogP contribution >= 0.6 is 11.8 Å². The Kier molecular flexibility index (Phi) is 6.28. The van der Waals surface area contributed by atoms with Gasteiger partial charge in [0.2, 0.25) is 5.91 Å². The molecule has 0 radical (unpaired) electrons. The second kappa shape index (κ2) is 9.50. The van der Waals surface area contributed by atoms with Crippen LogP contribution in [0.2, 0.25) is 0 Å². The number of fused-ring (bicyclic) bond motifs is 1. The van der Waals surface area contributed by atoms with Crippen molar-refractivity contribution >= 4 is 23.6 Å². The lowest BCUT2D eigenvalue weighted by Gasteiger charge is -2.26. The van der Waals surface area contributed by atoms with E-state index in [-0.39, 0.29) is 29.7 Å². The third-order valence-corrected chi connectivity index (χ3v) is 6.94. The molecular weight excluding hydrogens is 458 g/mol. The number of rotatable bonds is 5. The largest absolute Gasteiger partial charge is 0.346 e. The van der Waals surface area contributed by atoms with Crippen LogP contribution in [0.4, 0.5) is 8.78 Å². The third-order valence-electron chi connectivity index (χ3n) is 6.00. The van der Waals surface area contributed by atoms with Crippen LogP contribution in [0.15, 0.2) is 42.5 Å². The SMILES string of the molecule is O=C1NCc2nc(-c3c(F)cccc3F)nc(Cc3ccc(CC(=O)N4CCSCC4)cc3)c21. The monoisotopic (exact) mass is 480 g/mol. The van der Waals surface area contributed by atoms with Gasteiger partial charge in [-0.1, -0.05) is 30.3 Å². The molecule has 1 fully saturated rings. The van der Waals surface area contributed by atoms with Gasteiger partial charge in [-0.3, -0.25) is 9.59 Å². The third kappa shape index (κ3) is 4.52. The number of aromatic nitrogens is 2. The van der Waals surface area contributed by atoms with Gasteiger partial charge in [0.25, 0.3) is 5.91 Å². The molecule has 0 atom stereocenters. The minimum absolute atomic E-state index is 0.0808. The number of nitrogens with one attached hydrogen (secondary N) is 1. The maximum absolute atomic E-state index is 14.4. The Bertz CT molecular complexity index is 1240. The van der Waals surface area contributed by atoms with Crippen LogP contribution in [-0.4, -0.2) is 51.3 Å². The summed E-state index contributed by atoms with van der Waals surface area (Å²) in [5.74, 6) is 0.166. The van der Waals surface area contributed by atoms with Crippen molar-refractivity contribution in [3.8, 4) is 11.4 Å². The Balaban J connectivity index is 1.40. The summed E-state index contributed by atoms with van der Waals surface area (Å²) in [7, 11) is 0. The molecule has 2 aromatic carbocycles. The zero-order chi connectivity index (χ0) is 23.7. The molecule has 5 rings (SSSR count). The summed E-state index contributed by atoms with van der Waals surface area (Å²) in [6.07, 6.45) is 0.631. The Morgan fingerprint density at radius 2 is 1.65 bits per heavy atom. The Labute approximate surface area is 199 Å². The van der Waals surface area contributed by atoms with Crippen molar-refractivity contribution in [2.75, 3.05) is 24.6 Å². The highest BCUT2D eigenvalue weighted by Gasteiger charge is 2.28. The standard InChI is InChI=1S/C25H22F2N4O2S/c26-17-2-1-3-18(27)22(17)24-29-19(23-20(30-24)14-28-25(23)33)12-15-4-6-16(7-5-15)13-21(32)31-8-10-34-11-9-31/h1-7H,8-14H2,(H,28,33). The first-order valence-corrected chi connectivity index (χ1v) is 12.2. The fourth-order valence-corrected chi connectivity index (χ4v) is 5.12. The molecule has 34 heavy (non-hydrogen) atoms. The van der Waals surface area contributed by atoms with Crippen molar-refractivity contribution in [1.82, 2.24) is 20.2 Å². The average Bonchev–Trinajstić information content (AvgIpc) is 3.21. The van der Waals surface area contributed by atoms with E-state index in [9.17, 15) is 18.4 Å². The highest BCUT2D eigenvalue weighted by molar-refractivity contribution is 7.99. The zero-order valence-electron chi connectivity index (χ0n) is 18.3. The molecule has 9 heteroatoms. The van der Waals surface area contributed by atoms with E-state index in [1.807, 2.05) is 40.9 Å². The van der Waals surface area contributed by atoms with Gasteiger partial charge in [0.05, 0.1) is 35.5 Å². The molecule has 0 saturated carbocycles. The number of halogens is 2. The van der Waals surface area contributed by atoms with E-state index in [0.717, 1.165) is 47.9 Å². The molecule has 0 spiro atoms. The molecule has 1 N–H and O–H groups in total. The summed E-state index contributed by atoms with van der Waals surface area (Å²) in [5.41, 5.74) is 2.65. The number of nitrogens with zero attached hydrogens (tertiary/aromatic N) is 3. The molecular formula is C25H22F2N4O2S. The van der Waals surface area contributed by atoms with Crippen LogP contribution in [0, 0.1) is 11.6 Å². The molecule has 1 aromatic heterocycles. The van der Waals surface area contributed by atoms with Gasteiger partial charge in [0.1, 0.15) is 11.6 Å². The number of hydrogen-bond donors (Lipinski definition) is 1. The minimum atomic E-state index is -0.760. The first kappa shape index (κ1) is 22.5. The summed E-state index contributed by atoms with van der Waals surface area (Å²) in [4.78, 5) is 35.5. The van der Waals surface area contributed by atoms with E-state index in [2.05, 4.69) is 15.3 Å². The smallest absolute Gasteiger partial charge is 0.255 e. The molecule has 3 aromatic rings. The van der Waals surface area contributed by atoms with Crippen LogP contribution < -0.4 is 5.32 Å². The Morgan fingerprint density at radius 1 is 0.971 bits per heavy atom. The number of hydrogen-bond acceptors (Lipinski definition) is 5. The van der Waals surface area contributed by atoms with Crippen molar-refractivity contribution in [1.29, 1.82) is 0 Å². The number of benzene rings is 2. The van der Waals surface area contributed by atoms with Gasteiger partial charge in [-0.15, -0.1) is 0 Å². The van der Waals surface area contributed by atoms with Gasteiger partial charge in [-0.2, -0.15) is 11.8 Å². The van der Waals surface area contributed by atoms with Crippen molar-refractivity contribution in [2.45, 2.75) is 19.4 Å². The minimum Gasteiger partial charge on any atom is -0.346 e. The molecule has 2 aliphatic heterocycles. The summed E-state index contributed by atoms with van der Waals surface area (Å²) < 4.78 is 28.7. The lowest BCUT2D eigenvalue weighted by Crippen LogP contribution is -2.38. The normalized spacial score (nSPS) is 15.2. The first-order chi connectivity index (χ1) is 16.5. The molecule has 2 aliphatic rings. The second-order valence-corrected chi connectivity index (χ2v) is 9.48. The highest BCUT2D eigenvalue weighted by atomic mass is 32.2. The zero-order valence-corrected chi connectivity index (χ0v) is 19.1. The predicted octanol–water partition coefficient (Wildman–Crippen LogP) is 3.37. The van der Waals surface area contributed by atoms with E-state index in [1.165, 1.54) is 6.07 Å². The van der Waals surface area contributed by atoms with Gasteiger partial charge in [-0.25, -0.2) is 18.7 Å². The molecule has 2 amide bonds. The fraction of sp³-hybridized carbons (Fsp3) is 0.280. The summed E-state index contributed by atoms with van der Waals surface area (Å²) in [6.45, 7) is 1.75. The van der Waals surface area contributed by atoms with Crippen molar-refractivity contribution < 1.29 is 18.4 Å². The predicted molar refractivity (Wildman–Crippen MR) is 125 cm³/mol. The summed E-state index contributed by atoms with van der Waals surface area (Å²) in [5, 5.41) is 2.71. The van der Waals surface area contributed by atoms with E-state index in [4.69, 9.17) is 0 Å². The van der Waals surface area contributed by atoms with Crippen molar-refractivity contribution in [2.24, 2.45) is 0 Å². The molecule has 0 unspecified atom stereocenters. The molecule has 1 saturated heterocycles.